The quantitative estimate of drug-likeness (QED) is 0.917. The number of hydrogen-bond donors (Lipinski definition) is 1. The molecule has 1 aromatic carbocycles. The van der Waals surface area contributed by atoms with E-state index in [1.54, 1.807) is 19.1 Å². The molecule has 1 N–H and O–H groups in total. The van der Waals surface area contributed by atoms with Gasteiger partial charge in [-0.2, -0.15) is 0 Å². The van der Waals surface area contributed by atoms with Crippen LogP contribution in [0.1, 0.15) is 37.3 Å². The summed E-state index contributed by atoms with van der Waals surface area (Å²) in [6.07, 6.45) is 2.48. The van der Waals surface area contributed by atoms with E-state index in [4.69, 9.17) is 4.74 Å². The average molecular weight is 339 g/mol. The van der Waals surface area contributed by atoms with E-state index in [0.717, 1.165) is 26.1 Å². The number of benzene rings is 1. The van der Waals surface area contributed by atoms with E-state index < -0.39 is 17.2 Å². The fourth-order valence-corrected chi connectivity index (χ4v) is 4.22. The molecule has 24 heavy (non-hydrogen) atoms. The van der Waals surface area contributed by atoms with Crippen molar-refractivity contribution in [2.75, 3.05) is 26.3 Å². The van der Waals surface area contributed by atoms with E-state index >= 15 is 0 Å². The van der Waals surface area contributed by atoms with Gasteiger partial charge in [-0.15, -0.1) is 0 Å². The molecular formula is C19H27F2NO2. The van der Waals surface area contributed by atoms with Gasteiger partial charge in [-0.05, 0) is 43.6 Å². The predicted molar refractivity (Wildman–Crippen MR) is 88.6 cm³/mol. The van der Waals surface area contributed by atoms with Gasteiger partial charge in [0.2, 0.25) is 0 Å². The minimum Gasteiger partial charge on any atom is -0.389 e. The van der Waals surface area contributed by atoms with Gasteiger partial charge in [0, 0.05) is 38.4 Å². The maximum Gasteiger partial charge on any atom is 0.163 e. The lowest BCUT2D eigenvalue weighted by Crippen LogP contribution is -2.55. The normalized spacial score (nSPS) is 29.8. The van der Waals surface area contributed by atoms with Crippen LogP contribution in [0.3, 0.4) is 0 Å². The fourth-order valence-electron chi connectivity index (χ4n) is 4.22. The summed E-state index contributed by atoms with van der Waals surface area (Å²) in [5.41, 5.74) is 0.0520. The molecule has 0 aliphatic carbocycles. The molecule has 134 valence electrons. The molecule has 5 heteroatoms. The smallest absolute Gasteiger partial charge is 0.163 e. The van der Waals surface area contributed by atoms with Crippen LogP contribution in [0.4, 0.5) is 8.78 Å². The van der Waals surface area contributed by atoms with Crippen LogP contribution in [0.15, 0.2) is 12.1 Å². The maximum atomic E-state index is 14.1. The summed E-state index contributed by atoms with van der Waals surface area (Å²) in [6, 6.07) is 3.29. The minimum absolute atomic E-state index is 0.104. The second-order valence-corrected chi connectivity index (χ2v) is 7.43. The number of piperidine rings is 1. The second kappa shape index (κ2) is 7.06. The van der Waals surface area contributed by atoms with Crippen molar-refractivity contribution in [3.8, 4) is 0 Å². The number of aliphatic hydroxyl groups is 1. The fraction of sp³-hybridized carbons (Fsp3) is 0.684. The molecule has 0 unspecified atom stereocenters. The van der Waals surface area contributed by atoms with E-state index in [1.165, 1.54) is 0 Å². The Bertz CT molecular complexity index is 589. The molecule has 0 bridgehead atoms. The highest BCUT2D eigenvalue weighted by atomic mass is 19.2. The number of rotatable bonds is 3. The molecule has 2 heterocycles. The lowest BCUT2D eigenvalue weighted by Gasteiger charge is -2.48. The molecule has 0 amide bonds. The van der Waals surface area contributed by atoms with E-state index in [1.807, 2.05) is 0 Å². The monoisotopic (exact) mass is 339 g/mol. The molecule has 2 atom stereocenters. The number of likely N-dealkylation sites (tertiary alicyclic amines) is 1. The zero-order valence-electron chi connectivity index (χ0n) is 14.5. The van der Waals surface area contributed by atoms with Gasteiger partial charge in [0.05, 0.1) is 5.60 Å². The van der Waals surface area contributed by atoms with Gasteiger partial charge >= 0.3 is 0 Å². The largest absolute Gasteiger partial charge is 0.389 e. The van der Waals surface area contributed by atoms with Gasteiger partial charge in [-0.25, -0.2) is 8.78 Å². The highest BCUT2D eigenvalue weighted by Crippen LogP contribution is 2.39. The zero-order chi connectivity index (χ0) is 17.3. The number of halogens is 2. The van der Waals surface area contributed by atoms with Crippen molar-refractivity contribution < 1.29 is 18.6 Å². The molecular weight excluding hydrogens is 312 g/mol. The van der Waals surface area contributed by atoms with Crippen LogP contribution in [0.2, 0.25) is 0 Å². The van der Waals surface area contributed by atoms with E-state index in [9.17, 15) is 13.9 Å². The molecule has 3 nitrogen and oxygen atoms in total. The van der Waals surface area contributed by atoms with Crippen LogP contribution in [0.5, 0.6) is 0 Å². The minimum atomic E-state index is -0.753. The van der Waals surface area contributed by atoms with Gasteiger partial charge in [0.15, 0.2) is 11.6 Å². The van der Waals surface area contributed by atoms with Gasteiger partial charge in [0.1, 0.15) is 0 Å². The number of nitrogens with zero attached hydrogens (tertiary/aromatic N) is 1. The molecule has 0 aromatic heterocycles. The van der Waals surface area contributed by atoms with Crippen molar-refractivity contribution >= 4 is 0 Å². The molecule has 2 fully saturated rings. The summed E-state index contributed by atoms with van der Waals surface area (Å²) in [4.78, 5) is 2.12. The SMILES string of the molecule is Cc1ccc(CN2CC[C@@](O)(C3CCOCC3)[C@H](C)C2)c(F)c1F. The molecule has 2 aliphatic heterocycles. The highest BCUT2D eigenvalue weighted by Gasteiger charge is 2.45. The molecule has 0 radical (unpaired) electrons. The first-order valence-electron chi connectivity index (χ1n) is 8.87. The van der Waals surface area contributed by atoms with Crippen molar-refractivity contribution in [1.29, 1.82) is 0 Å². The topological polar surface area (TPSA) is 32.7 Å². The Morgan fingerprint density at radius 1 is 1.25 bits per heavy atom. The lowest BCUT2D eigenvalue weighted by molar-refractivity contribution is -0.131. The summed E-state index contributed by atoms with van der Waals surface area (Å²) in [7, 11) is 0. The van der Waals surface area contributed by atoms with Crippen LogP contribution >= 0.6 is 0 Å². The van der Waals surface area contributed by atoms with Gasteiger partial charge < -0.3 is 9.84 Å². The van der Waals surface area contributed by atoms with Gasteiger partial charge in [0.25, 0.3) is 0 Å². The predicted octanol–water partition coefficient (Wildman–Crippen LogP) is 3.27. The third-order valence-corrected chi connectivity index (χ3v) is 5.89. The summed E-state index contributed by atoms with van der Waals surface area (Å²) in [5.74, 6) is -1.12. The Morgan fingerprint density at radius 3 is 2.62 bits per heavy atom. The number of ether oxygens (including phenoxy) is 1. The Hall–Kier alpha value is -1.04. The van der Waals surface area contributed by atoms with Crippen LogP contribution in [-0.2, 0) is 11.3 Å². The first-order chi connectivity index (χ1) is 11.4. The maximum absolute atomic E-state index is 14.1. The van der Waals surface area contributed by atoms with Gasteiger partial charge in [-0.1, -0.05) is 19.1 Å². The Labute approximate surface area is 142 Å². The molecule has 0 saturated carbocycles. The van der Waals surface area contributed by atoms with Crippen LogP contribution in [0, 0.1) is 30.4 Å². The van der Waals surface area contributed by atoms with E-state index in [2.05, 4.69) is 11.8 Å². The molecule has 2 saturated heterocycles. The lowest BCUT2D eigenvalue weighted by atomic mass is 9.70. The van der Waals surface area contributed by atoms with Crippen molar-refractivity contribution in [1.82, 2.24) is 4.90 Å². The molecule has 0 spiro atoms. The van der Waals surface area contributed by atoms with Crippen LogP contribution < -0.4 is 0 Å². The first kappa shape index (κ1) is 17.8. The summed E-state index contributed by atoms with van der Waals surface area (Å²) < 4.78 is 33.2. The van der Waals surface area contributed by atoms with Crippen molar-refractivity contribution in [3.05, 3.63) is 34.9 Å². The third kappa shape index (κ3) is 3.35. The van der Waals surface area contributed by atoms with Gasteiger partial charge in [-0.3, -0.25) is 4.90 Å². The Morgan fingerprint density at radius 2 is 1.96 bits per heavy atom. The second-order valence-electron chi connectivity index (χ2n) is 7.43. The number of aryl methyl sites for hydroxylation is 1. The summed E-state index contributed by atoms with van der Waals surface area (Å²) >= 11 is 0. The first-order valence-corrected chi connectivity index (χ1v) is 8.87. The average Bonchev–Trinajstić information content (AvgIpc) is 2.59. The zero-order valence-corrected chi connectivity index (χ0v) is 14.5. The van der Waals surface area contributed by atoms with Crippen molar-refractivity contribution in [2.45, 2.75) is 45.3 Å². The Balaban J connectivity index is 1.66. The number of hydrogen-bond acceptors (Lipinski definition) is 3. The molecule has 3 rings (SSSR count). The van der Waals surface area contributed by atoms with Crippen molar-refractivity contribution in [3.63, 3.8) is 0 Å². The highest BCUT2D eigenvalue weighted by molar-refractivity contribution is 5.25. The van der Waals surface area contributed by atoms with E-state index in [-0.39, 0.29) is 11.8 Å². The third-order valence-electron chi connectivity index (χ3n) is 5.89. The summed E-state index contributed by atoms with van der Waals surface area (Å²) in [5, 5.41) is 11.2. The standard InChI is InChI=1S/C19H27F2NO2/c1-13-3-4-15(18(21)17(13)20)12-22-8-7-19(23,14(2)11-22)16-5-9-24-10-6-16/h3-4,14,16,23H,5-12H2,1-2H3/t14-,19+/m1/s1. The molecule has 1 aromatic rings. The Kier molecular flexibility index (Phi) is 5.23. The van der Waals surface area contributed by atoms with Crippen LogP contribution in [-0.4, -0.2) is 41.9 Å². The molecule has 2 aliphatic rings. The van der Waals surface area contributed by atoms with Crippen LogP contribution in [0.25, 0.3) is 0 Å². The van der Waals surface area contributed by atoms with Crippen molar-refractivity contribution in [2.24, 2.45) is 11.8 Å². The van der Waals surface area contributed by atoms with E-state index in [0.29, 0.717) is 37.2 Å². The summed E-state index contributed by atoms with van der Waals surface area (Å²) in [6.45, 7) is 6.86.